The Hall–Kier alpha value is -2.16. The summed E-state index contributed by atoms with van der Waals surface area (Å²) in [6, 6.07) is 12.7. The van der Waals surface area contributed by atoms with Crippen LogP contribution in [0.5, 0.6) is 0 Å². The van der Waals surface area contributed by atoms with Crippen molar-refractivity contribution in [2.24, 2.45) is 0 Å². The van der Waals surface area contributed by atoms with Crippen molar-refractivity contribution < 1.29 is 33.0 Å². The maximum Gasteiger partial charge on any atom is 0.400 e. The van der Waals surface area contributed by atoms with Gasteiger partial charge in [0, 0.05) is 21.5 Å². The summed E-state index contributed by atoms with van der Waals surface area (Å²) in [6.07, 6.45) is 0. The van der Waals surface area contributed by atoms with Gasteiger partial charge >= 0.3 is 13.3 Å². The third kappa shape index (κ3) is 3.65. The number of hydrogen-bond donors (Lipinski definition) is 4. The number of para-hydroxylation sites is 1. The average molecular weight is 413 g/mol. The molecular formula is C17H14F2NO5PS. The third-order valence-electron chi connectivity index (χ3n) is 3.88. The molecule has 2 aromatic carbocycles. The van der Waals surface area contributed by atoms with E-state index >= 15 is 0 Å². The van der Waals surface area contributed by atoms with E-state index in [2.05, 4.69) is 5.32 Å². The highest BCUT2D eigenvalue weighted by Crippen LogP contribution is 2.62. The summed E-state index contributed by atoms with van der Waals surface area (Å²) in [5, 5.41) is 12.3. The average Bonchev–Trinajstić information content (AvgIpc) is 3.00. The highest BCUT2D eigenvalue weighted by Gasteiger charge is 2.53. The van der Waals surface area contributed by atoms with Crippen LogP contribution in [0.3, 0.4) is 0 Å². The molecule has 1 aromatic heterocycles. The van der Waals surface area contributed by atoms with Crippen LogP contribution in [0.15, 0.2) is 48.5 Å². The van der Waals surface area contributed by atoms with Crippen LogP contribution in [0.2, 0.25) is 0 Å². The zero-order valence-electron chi connectivity index (χ0n) is 13.6. The predicted octanol–water partition coefficient (Wildman–Crippen LogP) is 3.87. The number of benzene rings is 2. The molecule has 142 valence electrons. The fraction of sp³-hybridized carbons (Fsp3) is 0.118. The van der Waals surface area contributed by atoms with Crippen LogP contribution in [0.25, 0.3) is 10.1 Å². The molecule has 0 aliphatic rings. The number of halogens is 2. The van der Waals surface area contributed by atoms with Crippen molar-refractivity contribution in [3.63, 3.8) is 0 Å². The summed E-state index contributed by atoms with van der Waals surface area (Å²) in [7, 11) is -5.78. The van der Waals surface area contributed by atoms with Crippen LogP contribution in [0, 0.1) is 0 Å². The number of anilines is 1. The zero-order chi connectivity index (χ0) is 19.8. The number of fused-ring (bicyclic) bond motifs is 1. The molecular weight excluding hydrogens is 399 g/mol. The molecule has 10 heteroatoms. The fourth-order valence-electron chi connectivity index (χ4n) is 2.55. The number of alkyl halides is 2. The number of nitrogens with one attached hydrogen (secondary N) is 1. The molecule has 0 aliphatic carbocycles. The molecule has 0 unspecified atom stereocenters. The van der Waals surface area contributed by atoms with Gasteiger partial charge in [-0.1, -0.05) is 18.2 Å². The Morgan fingerprint density at radius 2 is 1.81 bits per heavy atom. The Bertz CT molecular complexity index is 1050. The standard InChI is InChI=1S/C17H14F2NO5PS/c18-17(19,26(23,24)25)15-13(9-21)12-8-10(6-7-14(12)27-15)16(22)20-11-4-2-1-3-5-11/h1-8,21H,9H2,(H,20,22)(H2,23,24,25). The smallest absolute Gasteiger partial charge is 0.392 e. The number of amides is 1. The van der Waals surface area contributed by atoms with Gasteiger partial charge in [0.2, 0.25) is 0 Å². The van der Waals surface area contributed by atoms with Crippen LogP contribution in [-0.2, 0) is 16.8 Å². The lowest BCUT2D eigenvalue weighted by molar-refractivity contribution is 0.0582. The van der Waals surface area contributed by atoms with Gasteiger partial charge in [-0.25, -0.2) is 0 Å². The number of thiophene rings is 1. The molecule has 6 nitrogen and oxygen atoms in total. The first-order valence-electron chi connectivity index (χ1n) is 7.62. The normalized spacial score (nSPS) is 12.3. The van der Waals surface area contributed by atoms with E-state index < -0.39 is 30.7 Å². The van der Waals surface area contributed by atoms with Gasteiger partial charge in [0.15, 0.2) is 0 Å². The largest absolute Gasteiger partial charge is 0.400 e. The first-order chi connectivity index (χ1) is 12.6. The first kappa shape index (κ1) is 19.6. The third-order valence-corrected chi connectivity index (χ3v) is 6.27. The van der Waals surface area contributed by atoms with Crippen LogP contribution in [0.4, 0.5) is 14.5 Å². The summed E-state index contributed by atoms with van der Waals surface area (Å²) in [6.45, 7) is -0.852. The Balaban J connectivity index is 2.05. The van der Waals surface area contributed by atoms with Crippen molar-refractivity contribution in [3.05, 3.63) is 64.5 Å². The molecule has 3 aromatic rings. The number of hydrogen-bond acceptors (Lipinski definition) is 4. The number of rotatable bonds is 5. The van der Waals surface area contributed by atoms with Gasteiger partial charge in [-0.2, -0.15) is 8.78 Å². The maximum absolute atomic E-state index is 14.2. The predicted molar refractivity (Wildman–Crippen MR) is 98.1 cm³/mol. The number of aliphatic hydroxyl groups excluding tert-OH is 1. The lowest BCUT2D eigenvalue weighted by Gasteiger charge is -2.17. The Morgan fingerprint density at radius 3 is 2.41 bits per heavy atom. The van der Waals surface area contributed by atoms with Crippen molar-refractivity contribution in [3.8, 4) is 0 Å². The van der Waals surface area contributed by atoms with Gasteiger partial charge < -0.3 is 20.2 Å². The quantitative estimate of drug-likeness (QED) is 0.475. The summed E-state index contributed by atoms with van der Waals surface area (Å²) >= 11 is 0.473. The molecule has 27 heavy (non-hydrogen) atoms. The second-order valence-corrected chi connectivity index (χ2v) is 8.39. The van der Waals surface area contributed by atoms with Gasteiger partial charge in [0.1, 0.15) is 0 Å². The number of carbonyl (C=O) groups excluding carboxylic acids is 1. The SMILES string of the molecule is O=C(Nc1ccccc1)c1ccc2sc(C(F)(F)P(=O)(O)O)c(CO)c2c1. The number of aliphatic hydroxyl groups is 1. The molecule has 0 saturated carbocycles. The maximum atomic E-state index is 14.2. The highest BCUT2D eigenvalue weighted by atomic mass is 32.1. The van der Waals surface area contributed by atoms with E-state index in [4.69, 9.17) is 9.79 Å². The molecule has 0 atom stereocenters. The van der Waals surface area contributed by atoms with Crippen molar-refractivity contribution in [2.75, 3.05) is 5.32 Å². The Morgan fingerprint density at radius 1 is 1.15 bits per heavy atom. The summed E-state index contributed by atoms with van der Waals surface area (Å²) in [4.78, 5) is 29.4. The first-order valence-corrected chi connectivity index (χ1v) is 10.0. The monoisotopic (exact) mass is 413 g/mol. The molecule has 3 rings (SSSR count). The molecule has 1 heterocycles. The molecule has 0 spiro atoms. The minimum Gasteiger partial charge on any atom is -0.392 e. The second kappa shape index (κ2) is 7.10. The Labute approximate surface area is 156 Å². The van der Waals surface area contributed by atoms with E-state index in [0.29, 0.717) is 17.0 Å². The van der Waals surface area contributed by atoms with E-state index in [1.165, 1.54) is 18.2 Å². The molecule has 0 aliphatic heterocycles. The van der Waals surface area contributed by atoms with E-state index in [9.17, 15) is 23.2 Å². The van der Waals surface area contributed by atoms with E-state index in [0.717, 1.165) is 0 Å². The van der Waals surface area contributed by atoms with E-state index in [1.54, 1.807) is 30.3 Å². The minimum atomic E-state index is -5.78. The molecule has 4 N–H and O–H groups in total. The molecule has 0 fully saturated rings. The minimum absolute atomic E-state index is 0.145. The zero-order valence-corrected chi connectivity index (χ0v) is 15.3. The van der Waals surface area contributed by atoms with Gasteiger partial charge in [-0.15, -0.1) is 11.3 Å². The number of carbonyl (C=O) groups is 1. The Kier molecular flexibility index (Phi) is 5.16. The van der Waals surface area contributed by atoms with Crippen molar-refractivity contribution in [1.29, 1.82) is 0 Å². The van der Waals surface area contributed by atoms with Crippen LogP contribution < -0.4 is 5.32 Å². The van der Waals surface area contributed by atoms with Gasteiger partial charge in [0.05, 0.1) is 11.5 Å². The molecule has 0 radical (unpaired) electrons. The van der Waals surface area contributed by atoms with Gasteiger partial charge in [0.25, 0.3) is 5.91 Å². The van der Waals surface area contributed by atoms with Crippen molar-refractivity contribution in [2.45, 2.75) is 12.3 Å². The van der Waals surface area contributed by atoms with Gasteiger partial charge in [-0.3, -0.25) is 9.36 Å². The van der Waals surface area contributed by atoms with Crippen molar-refractivity contribution in [1.82, 2.24) is 0 Å². The van der Waals surface area contributed by atoms with Crippen LogP contribution in [0.1, 0.15) is 20.8 Å². The van der Waals surface area contributed by atoms with E-state index in [-0.39, 0.29) is 21.2 Å². The van der Waals surface area contributed by atoms with Gasteiger partial charge in [-0.05, 0) is 35.7 Å². The lowest BCUT2D eigenvalue weighted by atomic mass is 10.1. The highest BCUT2D eigenvalue weighted by molar-refractivity contribution is 7.53. The van der Waals surface area contributed by atoms with Crippen LogP contribution in [-0.4, -0.2) is 20.8 Å². The fourth-order valence-corrected chi connectivity index (χ4v) is 4.51. The summed E-state index contributed by atoms with van der Waals surface area (Å²) in [5.74, 6) is -0.485. The molecule has 0 saturated heterocycles. The lowest BCUT2D eigenvalue weighted by Crippen LogP contribution is -2.14. The topological polar surface area (TPSA) is 107 Å². The van der Waals surface area contributed by atoms with Crippen molar-refractivity contribution >= 4 is 40.6 Å². The van der Waals surface area contributed by atoms with Crippen LogP contribution >= 0.6 is 18.9 Å². The second-order valence-electron chi connectivity index (χ2n) is 5.68. The molecule has 0 bridgehead atoms. The summed E-state index contributed by atoms with van der Waals surface area (Å²) in [5.41, 5.74) is -4.03. The van der Waals surface area contributed by atoms with E-state index in [1.807, 2.05) is 0 Å². The summed E-state index contributed by atoms with van der Waals surface area (Å²) < 4.78 is 39.8. The molecule has 1 amide bonds.